The summed E-state index contributed by atoms with van der Waals surface area (Å²) in [5, 5.41) is 7.27. The number of hydrogen-bond acceptors (Lipinski definition) is 3. The molecule has 0 aliphatic heterocycles. The van der Waals surface area contributed by atoms with Gasteiger partial charge < -0.3 is 9.84 Å². The monoisotopic (exact) mass is 310 g/mol. The van der Waals surface area contributed by atoms with Crippen LogP contribution in [0, 0.1) is 11.8 Å². The van der Waals surface area contributed by atoms with Gasteiger partial charge in [-0.15, -0.1) is 0 Å². The average molecular weight is 310 g/mol. The molecule has 0 saturated heterocycles. The molecule has 23 heavy (non-hydrogen) atoms. The molecule has 0 bridgehead atoms. The van der Waals surface area contributed by atoms with Gasteiger partial charge in [-0.1, -0.05) is 42.4 Å². The summed E-state index contributed by atoms with van der Waals surface area (Å²) in [6.07, 6.45) is 5.19. The Morgan fingerprint density at radius 3 is 2.74 bits per heavy atom. The molecule has 3 atom stereocenters. The maximum absolute atomic E-state index is 12.8. The number of carbonyl (C=O) groups is 1. The summed E-state index contributed by atoms with van der Waals surface area (Å²) in [5.41, 5.74) is 2.69. The van der Waals surface area contributed by atoms with Gasteiger partial charge in [-0.05, 0) is 43.1 Å². The van der Waals surface area contributed by atoms with Crippen LogP contribution in [0.3, 0.4) is 0 Å². The second-order valence-electron chi connectivity index (χ2n) is 6.88. The second-order valence-corrected chi connectivity index (χ2v) is 6.88. The first-order chi connectivity index (χ1) is 11.2. The van der Waals surface area contributed by atoms with Crippen molar-refractivity contribution in [2.24, 2.45) is 11.8 Å². The van der Waals surface area contributed by atoms with Gasteiger partial charge >= 0.3 is 0 Å². The van der Waals surface area contributed by atoms with Gasteiger partial charge in [0.15, 0.2) is 5.69 Å². The summed E-state index contributed by atoms with van der Waals surface area (Å²) in [4.78, 5) is 12.8. The summed E-state index contributed by atoms with van der Waals surface area (Å²) in [6.45, 7) is 2.24. The molecule has 1 aromatic carbocycles. The van der Waals surface area contributed by atoms with Crippen LogP contribution in [-0.2, 0) is 12.8 Å². The molecule has 4 heteroatoms. The molecule has 1 amide bonds. The third-order valence-corrected chi connectivity index (χ3v) is 5.21. The predicted molar refractivity (Wildman–Crippen MR) is 87.1 cm³/mol. The third kappa shape index (κ3) is 2.78. The van der Waals surface area contributed by atoms with E-state index in [1.165, 1.54) is 5.56 Å². The highest BCUT2D eigenvalue weighted by atomic mass is 16.5. The van der Waals surface area contributed by atoms with Gasteiger partial charge in [0.2, 0.25) is 0 Å². The lowest BCUT2D eigenvalue weighted by Crippen LogP contribution is -2.31. The van der Waals surface area contributed by atoms with E-state index in [1.54, 1.807) is 0 Å². The molecular weight excluding hydrogens is 288 g/mol. The number of nitrogens with zero attached hydrogens (tertiary/aromatic N) is 1. The fourth-order valence-electron chi connectivity index (χ4n) is 3.69. The zero-order chi connectivity index (χ0) is 15.8. The number of rotatable bonds is 4. The molecule has 1 saturated carbocycles. The zero-order valence-corrected chi connectivity index (χ0v) is 13.4. The van der Waals surface area contributed by atoms with E-state index in [0.717, 1.165) is 43.4 Å². The Morgan fingerprint density at radius 1 is 1.26 bits per heavy atom. The molecule has 4 rings (SSSR count). The van der Waals surface area contributed by atoms with Gasteiger partial charge in [-0.2, -0.15) is 0 Å². The lowest BCUT2D eigenvalue weighted by atomic mass is 9.95. The molecule has 120 valence electrons. The van der Waals surface area contributed by atoms with Crippen LogP contribution in [0.1, 0.15) is 59.6 Å². The Labute approximate surface area is 136 Å². The number of benzene rings is 1. The van der Waals surface area contributed by atoms with E-state index in [2.05, 4.69) is 29.5 Å². The normalized spacial score (nSPS) is 23.9. The lowest BCUT2D eigenvalue weighted by molar-refractivity contribution is 0.0920. The van der Waals surface area contributed by atoms with Crippen LogP contribution in [0.2, 0.25) is 0 Å². The van der Waals surface area contributed by atoms with E-state index in [4.69, 9.17) is 4.52 Å². The lowest BCUT2D eigenvalue weighted by Gasteiger charge is -2.19. The molecule has 4 nitrogen and oxygen atoms in total. The minimum absolute atomic E-state index is 0.0645. The molecule has 2 aliphatic carbocycles. The summed E-state index contributed by atoms with van der Waals surface area (Å²) >= 11 is 0. The van der Waals surface area contributed by atoms with Gasteiger partial charge in [0.1, 0.15) is 5.76 Å². The van der Waals surface area contributed by atoms with E-state index >= 15 is 0 Å². The van der Waals surface area contributed by atoms with Crippen molar-refractivity contribution in [3.63, 3.8) is 0 Å². The first-order valence-electron chi connectivity index (χ1n) is 8.57. The Bertz CT molecular complexity index is 707. The largest absolute Gasteiger partial charge is 0.360 e. The van der Waals surface area contributed by atoms with E-state index < -0.39 is 0 Å². The topological polar surface area (TPSA) is 55.1 Å². The summed E-state index contributed by atoms with van der Waals surface area (Å²) < 4.78 is 5.38. The van der Waals surface area contributed by atoms with Gasteiger partial charge in [0, 0.05) is 12.0 Å². The maximum atomic E-state index is 12.8. The molecule has 0 spiro atoms. The van der Waals surface area contributed by atoms with Crippen LogP contribution in [0.4, 0.5) is 0 Å². The fourth-order valence-corrected chi connectivity index (χ4v) is 3.69. The third-order valence-electron chi connectivity index (χ3n) is 5.21. The quantitative estimate of drug-likeness (QED) is 0.937. The maximum Gasteiger partial charge on any atom is 0.274 e. The van der Waals surface area contributed by atoms with Crippen molar-refractivity contribution < 1.29 is 9.32 Å². The first-order valence-corrected chi connectivity index (χ1v) is 8.57. The van der Waals surface area contributed by atoms with Crippen molar-refractivity contribution in [3.8, 4) is 0 Å². The molecule has 2 aromatic rings. The number of fused-ring (bicyclic) bond motifs is 1. The number of amides is 1. The Kier molecular flexibility index (Phi) is 3.68. The van der Waals surface area contributed by atoms with E-state index in [9.17, 15) is 4.79 Å². The van der Waals surface area contributed by atoms with Crippen LogP contribution >= 0.6 is 0 Å². The number of nitrogens with one attached hydrogen (secondary N) is 1. The average Bonchev–Trinajstić information content (AvgIpc) is 3.15. The number of aromatic nitrogens is 1. The Hall–Kier alpha value is -2.10. The van der Waals surface area contributed by atoms with Crippen molar-refractivity contribution in [3.05, 3.63) is 52.9 Å². The minimum Gasteiger partial charge on any atom is -0.360 e. The van der Waals surface area contributed by atoms with E-state index in [1.807, 2.05) is 18.2 Å². The van der Waals surface area contributed by atoms with Crippen LogP contribution in [-0.4, -0.2) is 11.1 Å². The molecule has 1 aromatic heterocycles. The molecule has 0 radical (unpaired) electrons. The fraction of sp³-hybridized carbons (Fsp3) is 0.474. The highest BCUT2D eigenvalue weighted by molar-refractivity contribution is 5.94. The van der Waals surface area contributed by atoms with Gasteiger partial charge in [-0.25, -0.2) is 0 Å². The van der Waals surface area contributed by atoms with Crippen molar-refractivity contribution in [2.75, 3.05) is 0 Å². The SMILES string of the molecule is CC1CC1C(NC(=O)c1noc2c1CCCC2)c1ccccc1. The van der Waals surface area contributed by atoms with E-state index in [-0.39, 0.29) is 11.9 Å². The summed E-state index contributed by atoms with van der Waals surface area (Å²) in [5.74, 6) is 1.98. The van der Waals surface area contributed by atoms with E-state index in [0.29, 0.717) is 17.5 Å². The number of aryl methyl sites for hydroxylation is 1. The number of carbonyl (C=O) groups excluding carboxylic acids is 1. The smallest absolute Gasteiger partial charge is 0.274 e. The Morgan fingerprint density at radius 2 is 2.00 bits per heavy atom. The highest BCUT2D eigenvalue weighted by Crippen LogP contribution is 2.47. The molecule has 1 N–H and O–H groups in total. The van der Waals surface area contributed by atoms with Crippen molar-refractivity contribution in [1.82, 2.24) is 10.5 Å². The van der Waals surface area contributed by atoms with Gasteiger partial charge in [-0.3, -0.25) is 4.79 Å². The number of hydrogen-bond donors (Lipinski definition) is 1. The van der Waals surface area contributed by atoms with Crippen LogP contribution in [0.15, 0.2) is 34.9 Å². The van der Waals surface area contributed by atoms with Gasteiger partial charge in [0.05, 0.1) is 6.04 Å². The van der Waals surface area contributed by atoms with Crippen molar-refractivity contribution in [1.29, 1.82) is 0 Å². The van der Waals surface area contributed by atoms with Crippen LogP contribution < -0.4 is 5.32 Å². The predicted octanol–water partition coefficient (Wildman–Crippen LogP) is 3.68. The van der Waals surface area contributed by atoms with Crippen molar-refractivity contribution >= 4 is 5.91 Å². The standard InChI is InChI=1S/C19H22N2O2/c1-12-11-15(12)17(13-7-3-2-4-8-13)20-19(22)18-14-9-5-6-10-16(14)23-21-18/h2-4,7-8,12,15,17H,5-6,9-11H2,1H3,(H,20,22). The van der Waals surface area contributed by atoms with Gasteiger partial charge in [0.25, 0.3) is 5.91 Å². The molecule has 2 aliphatic rings. The molecular formula is C19H22N2O2. The van der Waals surface area contributed by atoms with Crippen LogP contribution in [0.25, 0.3) is 0 Å². The minimum atomic E-state index is -0.0927. The van der Waals surface area contributed by atoms with Crippen molar-refractivity contribution in [2.45, 2.75) is 45.1 Å². The summed E-state index contributed by atoms with van der Waals surface area (Å²) in [7, 11) is 0. The highest BCUT2D eigenvalue weighted by Gasteiger charge is 2.41. The summed E-state index contributed by atoms with van der Waals surface area (Å²) in [6, 6.07) is 10.3. The molecule has 1 heterocycles. The second kappa shape index (κ2) is 5.84. The Balaban J connectivity index is 1.57. The molecule has 3 unspecified atom stereocenters. The van der Waals surface area contributed by atoms with Crippen LogP contribution in [0.5, 0.6) is 0 Å². The zero-order valence-electron chi connectivity index (χ0n) is 13.4. The first kappa shape index (κ1) is 14.5. The molecule has 1 fully saturated rings.